The van der Waals surface area contributed by atoms with E-state index in [9.17, 15) is 31.1 Å². The monoisotopic (exact) mass is 465 g/mol. The zero-order valence-electron chi connectivity index (χ0n) is 16.4. The van der Waals surface area contributed by atoms with E-state index in [-0.39, 0.29) is 28.4 Å². The second-order valence-electron chi connectivity index (χ2n) is 6.93. The Morgan fingerprint density at radius 2 is 1.61 bits per heavy atom. The topological polar surface area (TPSA) is 85.3 Å². The van der Waals surface area contributed by atoms with Crippen molar-refractivity contribution in [2.45, 2.75) is 12.4 Å². The number of nitrogens with zero attached hydrogens (tertiary/aromatic N) is 3. The Hall–Kier alpha value is -4.09. The van der Waals surface area contributed by atoms with Crippen molar-refractivity contribution < 1.29 is 31.1 Å². The molecule has 0 fully saturated rings. The number of hydrogen-bond acceptors (Lipinski definition) is 4. The third-order valence-corrected chi connectivity index (χ3v) is 4.64. The summed E-state index contributed by atoms with van der Waals surface area (Å²) in [4.78, 5) is 19.6. The molecular formula is C21H13F6N5O. The van der Waals surface area contributed by atoms with E-state index in [4.69, 9.17) is 5.73 Å². The molecule has 0 atom stereocenters. The van der Waals surface area contributed by atoms with Gasteiger partial charge in [0.25, 0.3) is 0 Å². The molecule has 3 heterocycles. The van der Waals surface area contributed by atoms with Gasteiger partial charge in [0, 0.05) is 17.4 Å². The number of imidazole rings is 1. The number of alkyl halides is 6. The molecule has 0 radical (unpaired) electrons. The zero-order valence-corrected chi connectivity index (χ0v) is 16.4. The van der Waals surface area contributed by atoms with Crippen LogP contribution in [0.4, 0.5) is 37.8 Å². The first kappa shape index (κ1) is 22.1. The summed E-state index contributed by atoms with van der Waals surface area (Å²) in [6, 6.07) is 10.5. The quantitative estimate of drug-likeness (QED) is 0.402. The predicted molar refractivity (Wildman–Crippen MR) is 107 cm³/mol. The van der Waals surface area contributed by atoms with Gasteiger partial charge in [-0.05, 0) is 48.5 Å². The molecule has 170 valence electrons. The van der Waals surface area contributed by atoms with Gasteiger partial charge in [-0.1, -0.05) is 6.07 Å². The van der Waals surface area contributed by atoms with E-state index in [2.05, 4.69) is 15.3 Å². The molecule has 0 aliphatic carbocycles. The average Bonchev–Trinajstić information content (AvgIpc) is 3.13. The highest BCUT2D eigenvalue weighted by atomic mass is 19.4. The summed E-state index contributed by atoms with van der Waals surface area (Å²) in [7, 11) is 0. The third kappa shape index (κ3) is 4.45. The van der Waals surface area contributed by atoms with Crippen molar-refractivity contribution in [2.24, 2.45) is 5.73 Å². The lowest BCUT2D eigenvalue weighted by atomic mass is 10.1. The molecule has 1 amide bonds. The molecule has 3 N–H and O–H groups in total. The molecule has 0 spiro atoms. The number of primary amides is 1. The number of anilines is 2. The Kier molecular flexibility index (Phi) is 5.23. The van der Waals surface area contributed by atoms with Gasteiger partial charge in [-0.2, -0.15) is 26.3 Å². The summed E-state index contributed by atoms with van der Waals surface area (Å²) in [6.45, 7) is 0. The average molecular weight is 465 g/mol. The predicted octanol–water partition coefficient (Wildman–Crippen LogP) is 5.28. The first-order valence-corrected chi connectivity index (χ1v) is 9.24. The molecule has 4 rings (SSSR count). The maximum atomic E-state index is 13.7. The number of hydrogen-bond donors (Lipinski definition) is 2. The van der Waals surface area contributed by atoms with Gasteiger partial charge in [0.15, 0.2) is 5.69 Å². The van der Waals surface area contributed by atoms with Crippen molar-refractivity contribution in [1.29, 1.82) is 0 Å². The summed E-state index contributed by atoms with van der Waals surface area (Å²) in [5.41, 5.74) is 2.57. The van der Waals surface area contributed by atoms with Crippen molar-refractivity contribution in [3.05, 3.63) is 77.6 Å². The Morgan fingerprint density at radius 1 is 0.909 bits per heavy atom. The number of nitrogens with one attached hydrogen (secondary N) is 1. The van der Waals surface area contributed by atoms with Gasteiger partial charge in [0.05, 0.1) is 11.3 Å². The minimum Gasteiger partial charge on any atom is -0.366 e. The molecule has 0 bridgehead atoms. The zero-order chi connectivity index (χ0) is 24.0. The number of halogens is 6. The van der Waals surface area contributed by atoms with Gasteiger partial charge < -0.3 is 11.1 Å². The maximum absolute atomic E-state index is 13.7. The van der Waals surface area contributed by atoms with Gasteiger partial charge in [-0.3, -0.25) is 9.20 Å². The van der Waals surface area contributed by atoms with Crippen LogP contribution in [0.2, 0.25) is 0 Å². The number of pyridine rings is 2. The van der Waals surface area contributed by atoms with Crippen LogP contribution in [-0.4, -0.2) is 20.3 Å². The molecule has 33 heavy (non-hydrogen) atoms. The number of carbonyl (C=O) groups is 1. The first-order chi connectivity index (χ1) is 15.4. The van der Waals surface area contributed by atoms with Crippen molar-refractivity contribution in [3.63, 3.8) is 0 Å². The summed E-state index contributed by atoms with van der Waals surface area (Å²) in [6.07, 6.45) is -8.01. The number of amides is 1. The van der Waals surface area contributed by atoms with E-state index in [1.807, 2.05) is 0 Å². The molecule has 1 aromatic carbocycles. The van der Waals surface area contributed by atoms with Crippen LogP contribution in [0.15, 0.2) is 60.8 Å². The maximum Gasteiger partial charge on any atom is 0.435 e. The lowest BCUT2D eigenvalue weighted by Gasteiger charge is -2.13. The Labute approximate surface area is 181 Å². The van der Waals surface area contributed by atoms with Crippen LogP contribution in [0, 0.1) is 0 Å². The second-order valence-corrected chi connectivity index (χ2v) is 6.93. The molecule has 6 nitrogen and oxygen atoms in total. The van der Waals surface area contributed by atoms with E-state index in [1.165, 1.54) is 30.5 Å². The molecule has 0 unspecified atom stereocenters. The van der Waals surface area contributed by atoms with Gasteiger partial charge >= 0.3 is 12.4 Å². The standard InChI is InChI=1S/C21H13F6N5O/c22-20(23,24)12-4-6-13(7-5-12)29-15-10-11(19(28)33)9-14(30-15)17-18(21(25,26)27)31-16-3-1-2-8-32(16)17/h1-10H,(H2,28,33)(H,29,30). The van der Waals surface area contributed by atoms with Crippen molar-refractivity contribution >= 4 is 23.1 Å². The molecule has 0 saturated carbocycles. The number of rotatable bonds is 4. The van der Waals surface area contributed by atoms with Gasteiger partial charge in [0.1, 0.15) is 17.2 Å². The molecule has 4 aromatic rings. The van der Waals surface area contributed by atoms with E-state index in [0.29, 0.717) is 0 Å². The van der Waals surface area contributed by atoms with Crippen LogP contribution >= 0.6 is 0 Å². The van der Waals surface area contributed by atoms with E-state index in [0.717, 1.165) is 34.7 Å². The lowest BCUT2D eigenvalue weighted by Crippen LogP contribution is -2.13. The van der Waals surface area contributed by atoms with Crippen molar-refractivity contribution in [1.82, 2.24) is 14.4 Å². The van der Waals surface area contributed by atoms with Gasteiger partial charge in [-0.15, -0.1) is 0 Å². The number of benzene rings is 1. The fourth-order valence-corrected chi connectivity index (χ4v) is 3.19. The highest BCUT2D eigenvalue weighted by Gasteiger charge is 2.39. The number of nitrogens with two attached hydrogens (primary N) is 1. The van der Waals surface area contributed by atoms with Crippen LogP contribution in [0.5, 0.6) is 0 Å². The van der Waals surface area contributed by atoms with Crippen LogP contribution in [-0.2, 0) is 12.4 Å². The summed E-state index contributed by atoms with van der Waals surface area (Å²) in [5, 5.41) is 2.69. The van der Waals surface area contributed by atoms with E-state index >= 15 is 0 Å². The Bertz CT molecular complexity index is 1340. The minimum absolute atomic E-state index is 0.00310. The van der Waals surface area contributed by atoms with Crippen LogP contribution in [0.25, 0.3) is 17.0 Å². The highest BCUT2D eigenvalue weighted by molar-refractivity contribution is 5.95. The fourth-order valence-electron chi connectivity index (χ4n) is 3.19. The van der Waals surface area contributed by atoms with Gasteiger partial charge in [0.2, 0.25) is 5.91 Å². The Balaban J connectivity index is 1.84. The molecular weight excluding hydrogens is 452 g/mol. The molecule has 0 saturated heterocycles. The van der Waals surface area contributed by atoms with E-state index in [1.54, 1.807) is 0 Å². The van der Waals surface area contributed by atoms with Crippen molar-refractivity contribution in [3.8, 4) is 11.4 Å². The van der Waals surface area contributed by atoms with Crippen molar-refractivity contribution in [2.75, 3.05) is 5.32 Å². The number of fused-ring (bicyclic) bond motifs is 1. The third-order valence-electron chi connectivity index (χ3n) is 4.64. The normalized spacial score (nSPS) is 12.2. The first-order valence-electron chi connectivity index (χ1n) is 9.24. The Morgan fingerprint density at radius 3 is 2.21 bits per heavy atom. The minimum atomic E-state index is -4.83. The summed E-state index contributed by atoms with van der Waals surface area (Å²) < 4.78 is 80.6. The number of carbonyl (C=O) groups excluding carboxylic acids is 1. The fraction of sp³-hybridized carbons (Fsp3) is 0.0952. The smallest absolute Gasteiger partial charge is 0.366 e. The van der Waals surface area contributed by atoms with Gasteiger partial charge in [-0.25, -0.2) is 9.97 Å². The van der Waals surface area contributed by atoms with E-state index < -0.39 is 35.2 Å². The molecule has 0 aliphatic rings. The summed E-state index contributed by atoms with van der Waals surface area (Å²) >= 11 is 0. The SMILES string of the molecule is NC(=O)c1cc(Nc2ccc(C(F)(F)F)cc2)nc(-c2c(C(F)(F)F)nc3ccccn23)c1. The highest BCUT2D eigenvalue weighted by Crippen LogP contribution is 2.37. The lowest BCUT2D eigenvalue weighted by molar-refractivity contribution is -0.140. The summed E-state index contributed by atoms with van der Waals surface area (Å²) in [5.74, 6) is -1.03. The van der Waals surface area contributed by atoms with Crippen LogP contribution in [0.1, 0.15) is 21.6 Å². The molecule has 0 aliphatic heterocycles. The molecule has 3 aromatic heterocycles. The number of aromatic nitrogens is 3. The van der Waals surface area contributed by atoms with Crippen LogP contribution in [0.3, 0.4) is 0 Å². The molecule has 12 heteroatoms. The second kappa shape index (κ2) is 7.80. The largest absolute Gasteiger partial charge is 0.435 e. The van der Waals surface area contributed by atoms with Crippen LogP contribution < -0.4 is 11.1 Å².